The number of hydrogen-bond acceptors (Lipinski definition) is 5. The smallest absolute Gasteiger partial charge is 0.228 e. The molecule has 4 aromatic rings. The van der Waals surface area contributed by atoms with Gasteiger partial charge in [-0.3, -0.25) is 4.98 Å². The summed E-state index contributed by atoms with van der Waals surface area (Å²) >= 11 is 0. The van der Waals surface area contributed by atoms with Crippen molar-refractivity contribution in [2.75, 3.05) is 6.86 Å². The van der Waals surface area contributed by atoms with Crippen LogP contribution in [0.1, 0.15) is 60.7 Å². The van der Waals surface area contributed by atoms with E-state index in [1.807, 2.05) is 62.0 Å². The molecule has 1 fully saturated rings. The van der Waals surface area contributed by atoms with Gasteiger partial charge in [0.25, 0.3) is 0 Å². The Morgan fingerprint density at radius 3 is 2.66 bits per heavy atom. The van der Waals surface area contributed by atoms with E-state index >= 15 is 0 Å². The lowest BCUT2D eigenvalue weighted by Gasteiger charge is -2.02. The van der Waals surface area contributed by atoms with Gasteiger partial charge in [0, 0.05) is 29.9 Å². The maximum atomic E-state index is 12.7. The van der Waals surface area contributed by atoms with Crippen molar-refractivity contribution < 1.29 is 9.13 Å². The molecular formula is C21H25FN6O. The van der Waals surface area contributed by atoms with Crippen LogP contribution in [0.25, 0.3) is 11.3 Å². The highest BCUT2D eigenvalue weighted by molar-refractivity contribution is 5.57. The van der Waals surface area contributed by atoms with Crippen molar-refractivity contribution >= 4 is 11.3 Å². The lowest BCUT2D eigenvalue weighted by atomic mass is 10.2. The number of nitrogens with zero attached hydrogens (tertiary/aromatic N) is 6. The number of halogens is 1. The molecule has 1 saturated carbocycles. The van der Waals surface area contributed by atoms with Crippen LogP contribution < -0.4 is 4.74 Å². The van der Waals surface area contributed by atoms with Gasteiger partial charge in [0.05, 0.1) is 17.1 Å². The first-order valence-electron chi connectivity index (χ1n) is 9.93. The molecule has 7 nitrogen and oxygen atoms in total. The van der Waals surface area contributed by atoms with E-state index in [1.54, 1.807) is 6.07 Å². The Morgan fingerprint density at radius 2 is 1.93 bits per heavy atom. The number of alkyl halides is 1. The van der Waals surface area contributed by atoms with Gasteiger partial charge in [0.15, 0.2) is 22.9 Å². The molecule has 4 aromatic heterocycles. The van der Waals surface area contributed by atoms with Crippen LogP contribution in [0.4, 0.5) is 4.39 Å². The summed E-state index contributed by atoms with van der Waals surface area (Å²) in [6.07, 6.45) is 4.68. The third kappa shape index (κ3) is 3.12. The summed E-state index contributed by atoms with van der Waals surface area (Å²) in [5, 5.41) is 4.70. The molecule has 2 atom stereocenters. The Bertz CT molecular complexity index is 1140. The van der Waals surface area contributed by atoms with Crippen LogP contribution in [0.3, 0.4) is 0 Å². The first-order chi connectivity index (χ1) is 14.1. The molecule has 4 heterocycles. The summed E-state index contributed by atoms with van der Waals surface area (Å²) in [6.45, 7) is 9.07. The first-order valence-corrected chi connectivity index (χ1v) is 9.93. The number of imidazole rings is 1. The number of fused-ring (bicyclic) bond motifs is 2. The highest BCUT2D eigenvalue weighted by Gasteiger charge is 2.45. The summed E-state index contributed by atoms with van der Waals surface area (Å²) < 4.78 is 21.5. The second-order valence-corrected chi connectivity index (χ2v) is 7.04. The highest BCUT2D eigenvalue weighted by atomic mass is 19.1. The molecule has 1 aliphatic rings. The molecule has 0 bridgehead atoms. The van der Waals surface area contributed by atoms with Crippen molar-refractivity contribution in [2.45, 2.75) is 52.9 Å². The first kappa shape index (κ1) is 19.3. The van der Waals surface area contributed by atoms with Crippen molar-refractivity contribution in [1.82, 2.24) is 29.0 Å². The van der Waals surface area contributed by atoms with Crippen molar-refractivity contribution in [3.63, 3.8) is 0 Å². The lowest BCUT2D eigenvalue weighted by molar-refractivity contribution is 0.193. The fourth-order valence-corrected chi connectivity index (χ4v) is 3.75. The van der Waals surface area contributed by atoms with E-state index in [4.69, 9.17) is 19.8 Å². The Labute approximate surface area is 168 Å². The fourth-order valence-electron chi connectivity index (χ4n) is 3.75. The van der Waals surface area contributed by atoms with Crippen LogP contribution in [-0.4, -0.2) is 35.8 Å². The van der Waals surface area contributed by atoms with Gasteiger partial charge >= 0.3 is 0 Å². The second kappa shape index (κ2) is 7.42. The molecule has 5 rings (SSSR count). The number of ether oxygens (including phenoxy) is 1. The number of rotatable bonds is 4. The van der Waals surface area contributed by atoms with Crippen LogP contribution in [0.15, 0.2) is 24.5 Å². The SMILES string of the molecule is CC.Cc1ncc(C)n2nc(C3CC3c3nc4c(OCF)cccn4c3C)nc12. The van der Waals surface area contributed by atoms with Crippen LogP contribution >= 0.6 is 0 Å². The Kier molecular flexibility index (Phi) is 4.94. The molecule has 8 heteroatoms. The zero-order valence-electron chi connectivity index (χ0n) is 17.3. The number of hydrogen-bond donors (Lipinski definition) is 0. The number of pyridine rings is 1. The monoisotopic (exact) mass is 396 g/mol. The second-order valence-electron chi connectivity index (χ2n) is 7.04. The summed E-state index contributed by atoms with van der Waals surface area (Å²) in [6, 6.07) is 3.57. The average molecular weight is 396 g/mol. The zero-order valence-corrected chi connectivity index (χ0v) is 17.3. The molecule has 1 aliphatic carbocycles. The molecule has 2 unspecified atom stereocenters. The van der Waals surface area contributed by atoms with Crippen molar-refractivity contribution in [2.24, 2.45) is 0 Å². The minimum atomic E-state index is -0.870. The fraction of sp³-hybridized carbons (Fsp3) is 0.429. The quantitative estimate of drug-likeness (QED) is 0.514. The predicted octanol–water partition coefficient (Wildman–Crippen LogP) is 4.30. The van der Waals surface area contributed by atoms with E-state index in [0.29, 0.717) is 11.4 Å². The van der Waals surface area contributed by atoms with E-state index in [0.717, 1.165) is 40.7 Å². The number of aromatic nitrogens is 6. The minimum absolute atomic E-state index is 0.234. The van der Waals surface area contributed by atoms with Crippen LogP contribution in [0.2, 0.25) is 0 Å². The van der Waals surface area contributed by atoms with Gasteiger partial charge in [0.1, 0.15) is 0 Å². The molecule has 0 aromatic carbocycles. The largest absolute Gasteiger partial charge is 0.459 e. The van der Waals surface area contributed by atoms with Gasteiger partial charge in [-0.15, -0.1) is 0 Å². The summed E-state index contributed by atoms with van der Waals surface area (Å²) in [5.74, 6) is 1.78. The van der Waals surface area contributed by atoms with Crippen LogP contribution in [-0.2, 0) is 0 Å². The summed E-state index contributed by atoms with van der Waals surface area (Å²) in [7, 11) is 0. The van der Waals surface area contributed by atoms with Gasteiger partial charge in [-0.2, -0.15) is 5.10 Å². The maximum Gasteiger partial charge on any atom is 0.228 e. The van der Waals surface area contributed by atoms with Crippen molar-refractivity contribution in [3.8, 4) is 5.75 Å². The van der Waals surface area contributed by atoms with E-state index in [9.17, 15) is 4.39 Å². The van der Waals surface area contributed by atoms with Gasteiger partial charge in [0.2, 0.25) is 6.86 Å². The molecular weight excluding hydrogens is 371 g/mol. The van der Waals surface area contributed by atoms with Crippen LogP contribution in [0.5, 0.6) is 5.75 Å². The van der Waals surface area contributed by atoms with E-state index in [-0.39, 0.29) is 11.8 Å². The summed E-state index contributed by atoms with van der Waals surface area (Å²) in [5.41, 5.74) is 5.32. The Hall–Kier alpha value is -3.03. The van der Waals surface area contributed by atoms with Gasteiger partial charge < -0.3 is 9.14 Å². The molecule has 0 spiro atoms. The molecule has 0 radical (unpaired) electrons. The lowest BCUT2D eigenvalue weighted by Crippen LogP contribution is -1.97. The number of aryl methyl sites for hydroxylation is 3. The molecule has 0 saturated heterocycles. The van der Waals surface area contributed by atoms with Gasteiger partial charge in [-0.1, -0.05) is 13.8 Å². The average Bonchev–Trinajstić information content (AvgIpc) is 3.26. The van der Waals surface area contributed by atoms with E-state index in [1.165, 1.54) is 0 Å². The molecule has 152 valence electrons. The summed E-state index contributed by atoms with van der Waals surface area (Å²) in [4.78, 5) is 13.8. The molecule has 0 aliphatic heterocycles. The Balaban J connectivity index is 0.000000994. The zero-order chi connectivity index (χ0) is 20.7. The third-order valence-electron chi connectivity index (χ3n) is 5.30. The Morgan fingerprint density at radius 1 is 1.14 bits per heavy atom. The highest BCUT2D eigenvalue weighted by Crippen LogP contribution is 2.54. The predicted molar refractivity (Wildman–Crippen MR) is 108 cm³/mol. The van der Waals surface area contributed by atoms with Gasteiger partial charge in [-0.25, -0.2) is 18.9 Å². The van der Waals surface area contributed by atoms with E-state index < -0.39 is 6.86 Å². The van der Waals surface area contributed by atoms with Crippen molar-refractivity contribution in [3.05, 3.63) is 53.1 Å². The molecule has 29 heavy (non-hydrogen) atoms. The van der Waals surface area contributed by atoms with Gasteiger partial charge in [-0.05, 0) is 39.3 Å². The maximum absolute atomic E-state index is 12.7. The van der Waals surface area contributed by atoms with Crippen molar-refractivity contribution in [1.29, 1.82) is 0 Å². The normalized spacial score (nSPS) is 18.0. The molecule has 0 amide bonds. The molecule has 0 N–H and O–H groups in total. The van der Waals surface area contributed by atoms with Crippen LogP contribution in [0, 0.1) is 20.8 Å². The van der Waals surface area contributed by atoms with E-state index in [2.05, 4.69) is 4.98 Å². The minimum Gasteiger partial charge on any atom is -0.459 e. The standard InChI is InChI=1S/C19H19FN6O.C2H6/c1-10-8-21-11(2)18-23-17(24-26(10)18)14-7-13(14)16-12(3)25-6-4-5-15(27-9-20)19(25)22-16;1-2/h4-6,8,13-14H,7,9H2,1-3H3;1-2H3. The third-order valence-corrected chi connectivity index (χ3v) is 5.30. The topological polar surface area (TPSA) is 69.6 Å².